The molecule has 0 aliphatic rings. The maximum atomic E-state index is 9.20. The van der Waals surface area contributed by atoms with Crippen molar-refractivity contribution in [2.75, 3.05) is 0 Å². The predicted molar refractivity (Wildman–Crippen MR) is 64.8 cm³/mol. The summed E-state index contributed by atoms with van der Waals surface area (Å²) >= 11 is 5.30. The van der Waals surface area contributed by atoms with Gasteiger partial charge in [-0.15, -0.1) is 11.3 Å². The Labute approximate surface area is 95.5 Å². The summed E-state index contributed by atoms with van der Waals surface area (Å²) in [6, 6.07) is 6.17. The standard InChI is InChI=1S/C11H11BrOS/c1-2-8-5-9-10(12)4-3-7(6-13)11(9)14-8/h3-5,13H,2,6H2,1H3. The topological polar surface area (TPSA) is 20.2 Å². The lowest BCUT2D eigenvalue weighted by atomic mass is 10.1. The van der Waals surface area contributed by atoms with E-state index in [2.05, 4.69) is 28.9 Å². The van der Waals surface area contributed by atoms with Gasteiger partial charge in [-0.05, 0) is 24.1 Å². The maximum absolute atomic E-state index is 9.20. The van der Waals surface area contributed by atoms with Crippen molar-refractivity contribution in [1.82, 2.24) is 0 Å². The third-order valence-electron chi connectivity index (χ3n) is 2.28. The second kappa shape index (κ2) is 4.01. The average molecular weight is 271 g/mol. The van der Waals surface area contributed by atoms with E-state index in [0.29, 0.717) is 0 Å². The number of hydrogen-bond acceptors (Lipinski definition) is 2. The number of aryl methyl sites for hydroxylation is 1. The van der Waals surface area contributed by atoms with Crippen LogP contribution in [0.4, 0.5) is 0 Å². The van der Waals surface area contributed by atoms with E-state index in [1.807, 2.05) is 12.1 Å². The first-order chi connectivity index (χ1) is 6.76. The van der Waals surface area contributed by atoms with Gasteiger partial charge in [0.1, 0.15) is 0 Å². The minimum atomic E-state index is 0.118. The van der Waals surface area contributed by atoms with Crippen LogP contribution in [0.2, 0.25) is 0 Å². The number of aliphatic hydroxyl groups is 1. The Bertz CT molecular complexity index is 462. The molecule has 0 saturated carbocycles. The smallest absolute Gasteiger partial charge is 0.0695 e. The summed E-state index contributed by atoms with van der Waals surface area (Å²) in [6.45, 7) is 2.27. The Hall–Kier alpha value is -0.380. The van der Waals surface area contributed by atoms with E-state index in [-0.39, 0.29) is 6.61 Å². The Kier molecular flexibility index (Phi) is 2.91. The lowest BCUT2D eigenvalue weighted by molar-refractivity contribution is 0.283. The zero-order valence-corrected chi connectivity index (χ0v) is 10.3. The molecule has 1 nitrogen and oxygen atoms in total. The SMILES string of the molecule is CCc1cc2c(Br)ccc(CO)c2s1. The number of aliphatic hydroxyl groups excluding tert-OH is 1. The third kappa shape index (κ3) is 1.60. The van der Waals surface area contributed by atoms with Crippen LogP contribution in [0.1, 0.15) is 17.4 Å². The molecule has 2 aromatic rings. The molecule has 2 rings (SSSR count). The van der Waals surface area contributed by atoms with Crippen molar-refractivity contribution in [3.8, 4) is 0 Å². The highest BCUT2D eigenvalue weighted by molar-refractivity contribution is 9.10. The van der Waals surface area contributed by atoms with Gasteiger partial charge in [0.25, 0.3) is 0 Å². The average Bonchev–Trinajstić information content (AvgIpc) is 2.63. The van der Waals surface area contributed by atoms with Crippen LogP contribution < -0.4 is 0 Å². The van der Waals surface area contributed by atoms with Crippen molar-refractivity contribution in [3.05, 3.63) is 33.1 Å². The van der Waals surface area contributed by atoms with Crippen LogP contribution in [0.15, 0.2) is 22.7 Å². The molecule has 0 atom stereocenters. The quantitative estimate of drug-likeness (QED) is 0.882. The lowest BCUT2D eigenvalue weighted by Crippen LogP contribution is -1.82. The van der Waals surface area contributed by atoms with Gasteiger partial charge in [0.05, 0.1) is 6.61 Å². The fourth-order valence-electron chi connectivity index (χ4n) is 1.50. The molecule has 1 aromatic heterocycles. The Morgan fingerprint density at radius 1 is 1.43 bits per heavy atom. The van der Waals surface area contributed by atoms with Crippen molar-refractivity contribution >= 4 is 37.4 Å². The molecule has 0 saturated heterocycles. The molecule has 1 heterocycles. The first kappa shape index (κ1) is 10.1. The van der Waals surface area contributed by atoms with Gasteiger partial charge in [0.2, 0.25) is 0 Å². The summed E-state index contributed by atoms with van der Waals surface area (Å²) in [5.74, 6) is 0. The van der Waals surface area contributed by atoms with Gasteiger partial charge in [-0.3, -0.25) is 0 Å². The summed E-state index contributed by atoms with van der Waals surface area (Å²) in [7, 11) is 0. The molecule has 3 heteroatoms. The highest BCUT2D eigenvalue weighted by Crippen LogP contribution is 2.34. The largest absolute Gasteiger partial charge is 0.392 e. The van der Waals surface area contributed by atoms with E-state index in [1.54, 1.807) is 11.3 Å². The first-order valence-corrected chi connectivity index (χ1v) is 6.18. The number of rotatable bonds is 2. The molecule has 0 unspecified atom stereocenters. The summed E-state index contributed by atoms with van der Waals surface area (Å²) in [4.78, 5) is 1.36. The summed E-state index contributed by atoms with van der Waals surface area (Å²) in [5.41, 5.74) is 1.02. The van der Waals surface area contributed by atoms with Crippen LogP contribution in [0.3, 0.4) is 0 Å². The second-order valence-electron chi connectivity index (χ2n) is 3.17. The molecular weight excluding hydrogens is 260 g/mol. The second-order valence-corrected chi connectivity index (χ2v) is 5.16. The molecule has 14 heavy (non-hydrogen) atoms. The van der Waals surface area contributed by atoms with Gasteiger partial charge in [-0.2, -0.15) is 0 Å². The van der Waals surface area contributed by atoms with Crippen LogP contribution >= 0.6 is 27.3 Å². The van der Waals surface area contributed by atoms with E-state index in [1.165, 1.54) is 15.0 Å². The fourth-order valence-corrected chi connectivity index (χ4v) is 3.20. The molecule has 0 bridgehead atoms. The van der Waals surface area contributed by atoms with E-state index in [9.17, 15) is 5.11 Å². The maximum Gasteiger partial charge on any atom is 0.0695 e. The summed E-state index contributed by atoms with van der Waals surface area (Å²) in [6.07, 6.45) is 1.05. The van der Waals surface area contributed by atoms with Crippen LogP contribution in [0, 0.1) is 0 Å². The van der Waals surface area contributed by atoms with Crippen molar-refractivity contribution in [2.24, 2.45) is 0 Å². The highest BCUT2D eigenvalue weighted by atomic mass is 79.9. The van der Waals surface area contributed by atoms with Crippen molar-refractivity contribution in [3.63, 3.8) is 0 Å². The molecule has 0 aliphatic heterocycles. The number of fused-ring (bicyclic) bond motifs is 1. The molecule has 0 amide bonds. The highest BCUT2D eigenvalue weighted by Gasteiger charge is 2.07. The van der Waals surface area contributed by atoms with Crippen molar-refractivity contribution < 1.29 is 5.11 Å². The zero-order chi connectivity index (χ0) is 10.1. The van der Waals surface area contributed by atoms with E-state index in [4.69, 9.17) is 0 Å². The Morgan fingerprint density at radius 3 is 2.86 bits per heavy atom. The van der Waals surface area contributed by atoms with Gasteiger partial charge < -0.3 is 5.11 Å². The van der Waals surface area contributed by atoms with E-state index >= 15 is 0 Å². The van der Waals surface area contributed by atoms with Crippen molar-refractivity contribution in [1.29, 1.82) is 0 Å². The van der Waals surface area contributed by atoms with Crippen molar-refractivity contribution in [2.45, 2.75) is 20.0 Å². The third-order valence-corrected chi connectivity index (χ3v) is 4.33. The number of hydrogen-bond donors (Lipinski definition) is 1. The van der Waals surface area contributed by atoms with Crippen LogP contribution in [-0.2, 0) is 13.0 Å². The minimum absolute atomic E-state index is 0.118. The minimum Gasteiger partial charge on any atom is -0.392 e. The molecule has 1 N–H and O–H groups in total. The molecule has 0 fully saturated rings. The monoisotopic (exact) mass is 270 g/mol. The lowest BCUT2D eigenvalue weighted by Gasteiger charge is -1.99. The summed E-state index contributed by atoms with van der Waals surface area (Å²) in [5, 5.41) is 10.4. The molecule has 1 aromatic carbocycles. The molecule has 0 radical (unpaired) electrons. The van der Waals surface area contributed by atoms with Crippen LogP contribution in [0.25, 0.3) is 10.1 Å². The number of halogens is 1. The summed E-state index contributed by atoms with van der Waals surface area (Å²) < 4.78 is 2.32. The van der Waals surface area contributed by atoms with E-state index in [0.717, 1.165) is 16.5 Å². The molecule has 0 spiro atoms. The van der Waals surface area contributed by atoms with Crippen LogP contribution in [0.5, 0.6) is 0 Å². The number of thiophene rings is 1. The Balaban J connectivity index is 2.74. The van der Waals surface area contributed by atoms with Gasteiger partial charge in [-0.25, -0.2) is 0 Å². The Morgan fingerprint density at radius 2 is 2.21 bits per heavy atom. The first-order valence-electron chi connectivity index (χ1n) is 4.57. The van der Waals surface area contributed by atoms with E-state index < -0.39 is 0 Å². The van der Waals surface area contributed by atoms with Crippen LogP contribution in [-0.4, -0.2) is 5.11 Å². The van der Waals surface area contributed by atoms with Gasteiger partial charge in [0.15, 0.2) is 0 Å². The molecule has 0 aliphatic carbocycles. The zero-order valence-electron chi connectivity index (χ0n) is 7.88. The van der Waals surface area contributed by atoms with Gasteiger partial charge in [-0.1, -0.05) is 28.9 Å². The normalized spacial score (nSPS) is 11.1. The molecular formula is C11H11BrOS. The predicted octanol–water partition coefficient (Wildman–Crippen LogP) is 3.72. The molecule has 74 valence electrons. The van der Waals surface area contributed by atoms with Gasteiger partial charge in [0, 0.05) is 19.4 Å². The fraction of sp³-hybridized carbons (Fsp3) is 0.273. The number of benzene rings is 1. The van der Waals surface area contributed by atoms with Gasteiger partial charge >= 0.3 is 0 Å².